The maximum Gasteiger partial charge on any atom is 0.204 e. The quantitative estimate of drug-likeness (QED) is 0.756. The third-order valence-electron chi connectivity index (χ3n) is 5.38. The molecule has 1 fully saturated rings. The third-order valence-corrected chi connectivity index (χ3v) is 5.38. The molecule has 1 aromatic heterocycles. The molecule has 0 spiro atoms. The molecule has 4 rings (SSSR count). The van der Waals surface area contributed by atoms with E-state index in [0.29, 0.717) is 6.04 Å². The molecule has 3 aromatic rings. The number of aryl methyl sites for hydroxylation is 1. The van der Waals surface area contributed by atoms with E-state index in [2.05, 4.69) is 59.3 Å². The molecule has 0 amide bonds. The minimum Gasteiger partial charge on any atom is -0.351 e. The number of nitrogens with two attached hydrogens (primary N) is 1. The Labute approximate surface area is 149 Å². The first-order chi connectivity index (χ1) is 12.2. The topological polar surface area (TPSA) is 55.9 Å². The minimum atomic E-state index is 0.209. The van der Waals surface area contributed by atoms with Crippen molar-refractivity contribution in [3.05, 3.63) is 59.7 Å². The molecular formula is C21H26N4. The predicted octanol–water partition coefficient (Wildman–Crippen LogP) is 4.07. The van der Waals surface area contributed by atoms with Gasteiger partial charge in [0.15, 0.2) is 0 Å². The molecule has 3 N–H and O–H groups in total. The molecule has 0 unspecified atom stereocenters. The first-order valence-corrected chi connectivity index (χ1v) is 9.24. The lowest BCUT2D eigenvalue weighted by Crippen LogP contribution is -2.43. The van der Waals surface area contributed by atoms with Crippen molar-refractivity contribution in [2.75, 3.05) is 5.32 Å². The Hall–Kier alpha value is -2.33. The molecule has 4 nitrogen and oxygen atoms in total. The second kappa shape index (κ2) is 6.89. The summed E-state index contributed by atoms with van der Waals surface area (Å²) in [7, 11) is 0. The lowest BCUT2D eigenvalue weighted by molar-refractivity contribution is 0.401. The molecule has 0 radical (unpaired) electrons. The van der Waals surface area contributed by atoms with E-state index >= 15 is 0 Å². The van der Waals surface area contributed by atoms with Crippen molar-refractivity contribution in [3.63, 3.8) is 0 Å². The smallest absolute Gasteiger partial charge is 0.204 e. The molecule has 130 valence electrons. The van der Waals surface area contributed by atoms with E-state index < -0.39 is 0 Å². The SMILES string of the molecule is Cc1ccccc1Cn1c(N[C@@H]2CCCC[C@@H]2N)nc2ccccc21. The van der Waals surface area contributed by atoms with Gasteiger partial charge in [0.05, 0.1) is 17.6 Å². The highest BCUT2D eigenvalue weighted by atomic mass is 15.2. The van der Waals surface area contributed by atoms with Gasteiger partial charge in [0.25, 0.3) is 0 Å². The zero-order valence-corrected chi connectivity index (χ0v) is 14.8. The predicted molar refractivity (Wildman–Crippen MR) is 104 cm³/mol. The van der Waals surface area contributed by atoms with Gasteiger partial charge >= 0.3 is 0 Å². The van der Waals surface area contributed by atoms with Crippen LogP contribution in [0.15, 0.2) is 48.5 Å². The number of rotatable bonds is 4. The number of anilines is 1. The molecule has 1 aliphatic rings. The number of para-hydroxylation sites is 2. The van der Waals surface area contributed by atoms with Gasteiger partial charge in [-0.15, -0.1) is 0 Å². The molecular weight excluding hydrogens is 308 g/mol. The fourth-order valence-corrected chi connectivity index (χ4v) is 3.81. The van der Waals surface area contributed by atoms with E-state index in [9.17, 15) is 0 Å². The van der Waals surface area contributed by atoms with Crippen LogP contribution in [0, 0.1) is 6.92 Å². The van der Waals surface area contributed by atoms with Crippen LogP contribution in [0.1, 0.15) is 36.8 Å². The second-order valence-corrected chi connectivity index (χ2v) is 7.14. The monoisotopic (exact) mass is 334 g/mol. The van der Waals surface area contributed by atoms with Gasteiger partial charge in [0.1, 0.15) is 0 Å². The van der Waals surface area contributed by atoms with Gasteiger partial charge in [-0.25, -0.2) is 4.98 Å². The maximum absolute atomic E-state index is 6.35. The van der Waals surface area contributed by atoms with Crippen molar-refractivity contribution in [3.8, 4) is 0 Å². The number of nitrogens with zero attached hydrogens (tertiary/aromatic N) is 2. The molecule has 0 aliphatic heterocycles. The average molecular weight is 334 g/mol. The highest BCUT2D eigenvalue weighted by Crippen LogP contribution is 2.25. The van der Waals surface area contributed by atoms with Crippen LogP contribution in [0.5, 0.6) is 0 Å². The van der Waals surface area contributed by atoms with Crippen LogP contribution in [0.4, 0.5) is 5.95 Å². The van der Waals surface area contributed by atoms with Gasteiger partial charge in [-0.2, -0.15) is 0 Å². The van der Waals surface area contributed by atoms with Crippen LogP contribution in [-0.2, 0) is 6.54 Å². The Kier molecular flexibility index (Phi) is 4.45. The van der Waals surface area contributed by atoms with Crippen molar-refractivity contribution in [2.24, 2.45) is 5.73 Å². The molecule has 25 heavy (non-hydrogen) atoms. The van der Waals surface area contributed by atoms with Crippen LogP contribution in [0.25, 0.3) is 11.0 Å². The van der Waals surface area contributed by atoms with Gasteiger partial charge < -0.3 is 15.6 Å². The first kappa shape index (κ1) is 16.2. The number of imidazole rings is 1. The van der Waals surface area contributed by atoms with E-state index in [0.717, 1.165) is 36.4 Å². The molecule has 4 heteroatoms. The Bertz CT molecular complexity index is 867. The van der Waals surface area contributed by atoms with E-state index in [4.69, 9.17) is 10.7 Å². The van der Waals surface area contributed by atoms with Gasteiger partial charge in [-0.3, -0.25) is 0 Å². The zero-order chi connectivity index (χ0) is 17.2. The number of nitrogens with one attached hydrogen (secondary N) is 1. The fourth-order valence-electron chi connectivity index (χ4n) is 3.81. The minimum absolute atomic E-state index is 0.209. The molecule has 1 heterocycles. The molecule has 1 saturated carbocycles. The number of benzene rings is 2. The summed E-state index contributed by atoms with van der Waals surface area (Å²) in [4.78, 5) is 4.86. The Morgan fingerprint density at radius 3 is 2.68 bits per heavy atom. The van der Waals surface area contributed by atoms with E-state index in [-0.39, 0.29) is 6.04 Å². The molecule has 2 atom stereocenters. The summed E-state index contributed by atoms with van der Waals surface area (Å²) in [6, 6.07) is 17.4. The van der Waals surface area contributed by atoms with Crippen molar-refractivity contribution in [1.82, 2.24) is 9.55 Å². The maximum atomic E-state index is 6.35. The average Bonchev–Trinajstić information content (AvgIpc) is 2.96. The molecule has 1 aliphatic carbocycles. The largest absolute Gasteiger partial charge is 0.351 e. The molecule has 0 saturated heterocycles. The molecule has 2 aromatic carbocycles. The second-order valence-electron chi connectivity index (χ2n) is 7.14. The highest BCUT2D eigenvalue weighted by molar-refractivity contribution is 5.78. The lowest BCUT2D eigenvalue weighted by atomic mass is 9.91. The Morgan fingerprint density at radius 2 is 1.84 bits per heavy atom. The van der Waals surface area contributed by atoms with Gasteiger partial charge in [-0.1, -0.05) is 49.2 Å². The van der Waals surface area contributed by atoms with Crippen molar-refractivity contribution < 1.29 is 0 Å². The summed E-state index contributed by atoms with van der Waals surface area (Å²) < 4.78 is 2.29. The van der Waals surface area contributed by atoms with Crippen LogP contribution in [0.2, 0.25) is 0 Å². The van der Waals surface area contributed by atoms with Crippen LogP contribution in [0.3, 0.4) is 0 Å². The highest BCUT2D eigenvalue weighted by Gasteiger charge is 2.23. The van der Waals surface area contributed by atoms with Crippen molar-refractivity contribution in [1.29, 1.82) is 0 Å². The van der Waals surface area contributed by atoms with Gasteiger partial charge in [0.2, 0.25) is 5.95 Å². The number of aromatic nitrogens is 2. The van der Waals surface area contributed by atoms with Crippen LogP contribution >= 0.6 is 0 Å². The summed E-state index contributed by atoms with van der Waals surface area (Å²) in [6.45, 7) is 2.98. The number of fused-ring (bicyclic) bond motifs is 1. The Balaban J connectivity index is 1.72. The lowest BCUT2D eigenvalue weighted by Gasteiger charge is -2.30. The number of hydrogen-bond acceptors (Lipinski definition) is 3. The summed E-state index contributed by atoms with van der Waals surface area (Å²) in [5.41, 5.74) is 11.2. The Morgan fingerprint density at radius 1 is 1.08 bits per heavy atom. The van der Waals surface area contributed by atoms with E-state index in [1.54, 1.807) is 0 Å². The summed E-state index contributed by atoms with van der Waals surface area (Å²) >= 11 is 0. The zero-order valence-electron chi connectivity index (χ0n) is 14.8. The normalized spacial score (nSPS) is 20.7. The van der Waals surface area contributed by atoms with Crippen molar-refractivity contribution in [2.45, 2.75) is 51.2 Å². The van der Waals surface area contributed by atoms with Crippen LogP contribution < -0.4 is 11.1 Å². The van der Waals surface area contributed by atoms with Crippen molar-refractivity contribution >= 4 is 17.0 Å². The summed E-state index contributed by atoms with van der Waals surface area (Å²) in [5, 5.41) is 3.66. The third kappa shape index (κ3) is 3.27. The van der Waals surface area contributed by atoms with Crippen LogP contribution in [-0.4, -0.2) is 21.6 Å². The first-order valence-electron chi connectivity index (χ1n) is 9.24. The standard InChI is InChI=1S/C21H26N4/c1-15-8-2-3-9-16(15)14-25-20-13-7-6-12-19(20)24-21(25)23-18-11-5-4-10-17(18)22/h2-3,6-9,12-13,17-18H,4-5,10-11,14,22H2,1H3,(H,23,24)/t17-,18+/m0/s1. The molecule has 0 bridgehead atoms. The van der Waals surface area contributed by atoms with E-state index in [1.165, 1.54) is 24.0 Å². The van der Waals surface area contributed by atoms with Gasteiger partial charge in [0, 0.05) is 12.1 Å². The summed E-state index contributed by atoms with van der Waals surface area (Å²) in [5.74, 6) is 0.937. The summed E-state index contributed by atoms with van der Waals surface area (Å²) in [6.07, 6.45) is 4.69. The van der Waals surface area contributed by atoms with Gasteiger partial charge in [-0.05, 0) is 43.0 Å². The number of hydrogen-bond donors (Lipinski definition) is 2. The fraction of sp³-hybridized carbons (Fsp3) is 0.381. The van der Waals surface area contributed by atoms with E-state index in [1.807, 2.05) is 6.07 Å².